The maximum Gasteiger partial charge on any atom is 0.181 e. The van der Waals surface area contributed by atoms with E-state index in [0.717, 1.165) is 24.2 Å². The van der Waals surface area contributed by atoms with Gasteiger partial charge in [-0.05, 0) is 18.6 Å². The Morgan fingerprint density at radius 3 is 3.00 bits per heavy atom. The predicted molar refractivity (Wildman–Crippen MR) is 57.5 cm³/mol. The van der Waals surface area contributed by atoms with E-state index in [1.54, 1.807) is 18.2 Å². The van der Waals surface area contributed by atoms with Crippen LogP contribution in [-0.4, -0.2) is 20.3 Å². The molecule has 0 amide bonds. The summed E-state index contributed by atoms with van der Waals surface area (Å²) in [4.78, 5) is 4.33. The number of hydrogen-bond donors (Lipinski definition) is 2. The van der Waals surface area contributed by atoms with Gasteiger partial charge in [-0.3, -0.25) is 5.10 Å². The van der Waals surface area contributed by atoms with Crippen LogP contribution in [0.5, 0.6) is 5.75 Å². The van der Waals surface area contributed by atoms with Gasteiger partial charge < -0.3 is 5.11 Å². The highest BCUT2D eigenvalue weighted by Gasteiger charge is 2.05. The van der Waals surface area contributed by atoms with Crippen molar-refractivity contribution in [3.63, 3.8) is 0 Å². The summed E-state index contributed by atoms with van der Waals surface area (Å²) in [6, 6.07) is 6.93. The fourth-order valence-corrected chi connectivity index (χ4v) is 1.42. The molecule has 0 bridgehead atoms. The summed E-state index contributed by atoms with van der Waals surface area (Å²) in [6.07, 6.45) is 1.93. The van der Waals surface area contributed by atoms with Gasteiger partial charge in [0.15, 0.2) is 5.82 Å². The Morgan fingerprint density at radius 2 is 2.27 bits per heavy atom. The molecule has 1 aromatic carbocycles. The molecular formula is C11H13N3O. The number of aromatic amines is 1. The molecule has 1 heterocycles. The lowest BCUT2D eigenvalue weighted by Gasteiger charge is -1.95. The number of aryl methyl sites for hydroxylation is 1. The first-order valence-electron chi connectivity index (χ1n) is 5.00. The summed E-state index contributed by atoms with van der Waals surface area (Å²) >= 11 is 0. The number of benzene rings is 1. The Kier molecular flexibility index (Phi) is 2.67. The lowest BCUT2D eigenvalue weighted by Crippen LogP contribution is -1.85. The number of phenolic OH excluding ortho intramolecular Hbond substituents is 1. The summed E-state index contributed by atoms with van der Waals surface area (Å²) in [5.41, 5.74) is 0.827. The van der Waals surface area contributed by atoms with E-state index in [0.29, 0.717) is 5.82 Å². The van der Waals surface area contributed by atoms with Crippen LogP contribution in [0, 0.1) is 0 Å². The van der Waals surface area contributed by atoms with Crippen LogP contribution in [0.4, 0.5) is 0 Å². The molecule has 15 heavy (non-hydrogen) atoms. The minimum atomic E-state index is 0.231. The Balaban J connectivity index is 2.29. The normalized spacial score (nSPS) is 10.5. The molecule has 0 fully saturated rings. The average Bonchev–Trinajstić information content (AvgIpc) is 2.67. The van der Waals surface area contributed by atoms with Gasteiger partial charge in [0.2, 0.25) is 0 Å². The van der Waals surface area contributed by atoms with E-state index >= 15 is 0 Å². The molecule has 0 saturated heterocycles. The van der Waals surface area contributed by atoms with Gasteiger partial charge in [-0.25, -0.2) is 4.98 Å². The summed E-state index contributed by atoms with van der Waals surface area (Å²) in [7, 11) is 0. The van der Waals surface area contributed by atoms with Gasteiger partial charge in [0.05, 0.1) is 0 Å². The van der Waals surface area contributed by atoms with Gasteiger partial charge >= 0.3 is 0 Å². The zero-order valence-corrected chi connectivity index (χ0v) is 8.57. The maximum atomic E-state index is 9.32. The Bertz CT molecular complexity index is 451. The molecule has 0 aliphatic rings. The second kappa shape index (κ2) is 4.13. The molecular weight excluding hydrogens is 190 g/mol. The van der Waals surface area contributed by atoms with Gasteiger partial charge in [-0.2, -0.15) is 5.10 Å². The molecule has 1 aromatic heterocycles. The molecule has 2 aromatic rings. The average molecular weight is 203 g/mol. The molecule has 4 heteroatoms. The molecule has 2 rings (SSSR count). The third-order valence-corrected chi connectivity index (χ3v) is 2.12. The zero-order valence-electron chi connectivity index (χ0n) is 8.57. The topological polar surface area (TPSA) is 61.8 Å². The Morgan fingerprint density at radius 1 is 1.40 bits per heavy atom. The van der Waals surface area contributed by atoms with Gasteiger partial charge in [0.25, 0.3) is 0 Å². The second-order valence-electron chi connectivity index (χ2n) is 3.41. The molecule has 4 nitrogen and oxygen atoms in total. The van der Waals surface area contributed by atoms with Crippen LogP contribution in [0.3, 0.4) is 0 Å². The third-order valence-electron chi connectivity index (χ3n) is 2.12. The molecule has 0 aliphatic carbocycles. The van der Waals surface area contributed by atoms with E-state index in [1.807, 2.05) is 6.07 Å². The van der Waals surface area contributed by atoms with Crippen molar-refractivity contribution < 1.29 is 5.11 Å². The van der Waals surface area contributed by atoms with Crippen LogP contribution < -0.4 is 0 Å². The zero-order chi connectivity index (χ0) is 10.7. The number of phenols is 1. The highest BCUT2D eigenvalue weighted by Crippen LogP contribution is 2.19. The maximum absolute atomic E-state index is 9.32. The van der Waals surface area contributed by atoms with Crippen molar-refractivity contribution in [1.82, 2.24) is 15.2 Å². The van der Waals surface area contributed by atoms with E-state index in [-0.39, 0.29) is 5.75 Å². The SMILES string of the molecule is CCCc1nc(-c2cccc(O)c2)n[nH]1. The van der Waals surface area contributed by atoms with Crippen LogP contribution in [-0.2, 0) is 6.42 Å². The summed E-state index contributed by atoms with van der Waals surface area (Å²) in [6.45, 7) is 2.09. The highest BCUT2D eigenvalue weighted by molar-refractivity contribution is 5.56. The van der Waals surface area contributed by atoms with E-state index in [2.05, 4.69) is 22.1 Å². The number of nitrogens with zero attached hydrogens (tertiary/aromatic N) is 2. The molecule has 0 radical (unpaired) electrons. The molecule has 0 atom stereocenters. The van der Waals surface area contributed by atoms with Crippen molar-refractivity contribution in [3.8, 4) is 17.1 Å². The fraction of sp³-hybridized carbons (Fsp3) is 0.273. The first kappa shape index (κ1) is 9.71. The van der Waals surface area contributed by atoms with Crippen LogP contribution in [0.15, 0.2) is 24.3 Å². The van der Waals surface area contributed by atoms with Crippen LogP contribution in [0.2, 0.25) is 0 Å². The van der Waals surface area contributed by atoms with Gasteiger partial charge in [0.1, 0.15) is 11.6 Å². The van der Waals surface area contributed by atoms with E-state index in [1.165, 1.54) is 0 Å². The van der Waals surface area contributed by atoms with Gasteiger partial charge in [-0.15, -0.1) is 0 Å². The quantitative estimate of drug-likeness (QED) is 0.803. The summed E-state index contributed by atoms with van der Waals surface area (Å²) in [5, 5.41) is 16.3. The third kappa shape index (κ3) is 2.15. The minimum absolute atomic E-state index is 0.231. The van der Waals surface area contributed by atoms with Crippen molar-refractivity contribution in [2.24, 2.45) is 0 Å². The monoisotopic (exact) mass is 203 g/mol. The Hall–Kier alpha value is -1.84. The van der Waals surface area contributed by atoms with Crippen molar-refractivity contribution in [3.05, 3.63) is 30.1 Å². The molecule has 0 saturated carbocycles. The second-order valence-corrected chi connectivity index (χ2v) is 3.41. The standard InChI is InChI=1S/C11H13N3O/c1-2-4-10-12-11(14-13-10)8-5-3-6-9(15)7-8/h3,5-7,15H,2,4H2,1H3,(H,12,13,14). The first-order chi connectivity index (χ1) is 7.29. The molecule has 0 spiro atoms. The fourth-order valence-electron chi connectivity index (χ4n) is 1.42. The van der Waals surface area contributed by atoms with Crippen LogP contribution in [0.1, 0.15) is 19.2 Å². The number of rotatable bonds is 3. The molecule has 2 N–H and O–H groups in total. The van der Waals surface area contributed by atoms with Crippen molar-refractivity contribution >= 4 is 0 Å². The van der Waals surface area contributed by atoms with Gasteiger partial charge in [0, 0.05) is 12.0 Å². The lowest BCUT2D eigenvalue weighted by molar-refractivity contribution is 0.475. The number of aromatic hydroxyl groups is 1. The van der Waals surface area contributed by atoms with Gasteiger partial charge in [-0.1, -0.05) is 19.1 Å². The van der Waals surface area contributed by atoms with Crippen LogP contribution in [0.25, 0.3) is 11.4 Å². The molecule has 78 valence electrons. The number of aromatic nitrogens is 3. The van der Waals surface area contributed by atoms with E-state index in [4.69, 9.17) is 0 Å². The number of hydrogen-bond acceptors (Lipinski definition) is 3. The summed E-state index contributed by atoms with van der Waals surface area (Å²) in [5.74, 6) is 1.75. The van der Waals surface area contributed by atoms with Crippen molar-refractivity contribution in [2.75, 3.05) is 0 Å². The van der Waals surface area contributed by atoms with Crippen molar-refractivity contribution in [2.45, 2.75) is 19.8 Å². The molecule has 0 aliphatic heterocycles. The Labute approximate surface area is 88.0 Å². The summed E-state index contributed by atoms with van der Waals surface area (Å²) < 4.78 is 0. The smallest absolute Gasteiger partial charge is 0.181 e. The highest BCUT2D eigenvalue weighted by atomic mass is 16.3. The molecule has 0 unspecified atom stereocenters. The van der Waals surface area contributed by atoms with E-state index in [9.17, 15) is 5.11 Å². The first-order valence-corrected chi connectivity index (χ1v) is 5.00. The van der Waals surface area contributed by atoms with Crippen LogP contribution >= 0.6 is 0 Å². The predicted octanol–water partition coefficient (Wildman–Crippen LogP) is 2.13. The number of nitrogens with one attached hydrogen (secondary N) is 1. The van der Waals surface area contributed by atoms with Crippen molar-refractivity contribution in [1.29, 1.82) is 0 Å². The largest absolute Gasteiger partial charge is 0.508 e. The minimum Gasteiger partial charge on any atom is -0.508 e. The van der Waals surface area contributed by atoms with E-state index < -0.39 is 0 Å². The lowest BCUT2D eigenvalue weighted by atomic mass is 10.2. The number of H-pyrrole nitrogens is 1.